The van der Waals surface area contributed by atoms with E-state index in [4.69, 9.17) is 5.73 Å². The molecule has 0 saturated heterocycles. The number of nitrogens with two attached hydrogens (primary N) is 1. The fourth-order valence-corrected chi connectivity index (χ4v) is 3.40. The van der Waals surface area contributed by atoms with Crippen LogP contribution in [0, 0.1) is 5.82 Å². The quantitative estimate of drug-likeness (QED) is 0.820. The fourth-order valence-electron chi connectivity index (χ4n) is 3.02. The number of hydrogen-bond donors (Lipinski definition) is 1. The molecule has 110 valence electrons. The Labute approximate surface area is 132 Å². The molecule has 1 aliphatic rings. The molecular formula is C17H18BrFN2. The van der Waals surface area contributed by atoms with Crippen LogP contribution in [0.1, 0.15) is 29.7 Å². The van der Waals surface area contributed by atoms with Gasteiger partial charge in [-0.05, 0) is 48.7 Å². The van der Waals surface area contributed by atoms with Gasteiger partial charge in [0.15, 0.2) is 0 Å². The Morgan fingerprint density at radius 2 is 2.10 bits per heavy atom. The number of nitrogen functional groups attached to an aromatic ring is 1. The van der Waals surface area contributed by atoms with Gasteiger partial charge in [0.25, 0.3) is 0 Å². The maximum absolute atomic E-state index is 14.1. The molecule has 4 heteroatoms. The Hall–Kier alpha value is -1.39. The van der Waals surface area contributed by atoms with E-state index >= 15 is 0 Å². The Balaban J connectivity index is 1.87. The van der Waals surface area contributed by atoms with Crippen molar-refractivity contribution < 1.29 is 4.39 Å². The van der Waals surface area contributed by atoms with Gasteiger partial charge in [-0.25, -0.2) is 4.39 Å². The number of nitrogens with zero attached hydrogens (tertiary/aromatic N) is 1. The van der Waals surface area contributed by atoms with Crippen LogP contribution in [0.4, 0.5) is 10.1 Å². The van der Waals surface area contributed by atoms with Crippen molar-refractivity contribution in [3.63, 3.8) is 0 Å². The molecule has 0 saturated carbocycles. The summed E-state index contributed by atoms with van der Waals surface area (Å²) in [6.45, 7) is 3.77. The summed E-state index contributed by atoms with van der Waals surface area (Å²) >= 11 is 3.42. The molecule has 2 aromatic rings. The van der Waals surface area contributed by atoms with Crippen molar-refractivity contribution in [3.8, 4) is 0 Å². The predicted molar refractivity (Wildman–Crippen MR) is 87.5 cm³/mol. The smallest absolute Gasteiger partial charge is 0.128 e. The van der Waals surface area contributed by atoms with E-state index in [9.17, 15) is 4.39 Å². The molecule has 1 heterocycles. The first-order chi connectivity index (χ1) is 10.1. The molecular weight excluding hydrogens is 331 g/mol. The molecule has 1 atom stereocenters. The number of anilines is 1. The van der Waals surface area contributed by atoms with E-state index in [-0.39, 0.29) is 11.9 Å². The van der Waals surface area contributed by atoms with Crippen molar-refractivity contribution in [1.82, 2.24) is 4.90 Å². The molecule has 1 aliphatic heterocycles. The first kappa shape index (κ1) is 14.5. The third-order valence-corrected chi connectivity index (χ3v) is 4.78. The highest BCUT2D eigenvalue weighted by molar-refractivity contribution is 9.10. The van der Waals surface area contributed by atoms with E-state index in [0.717, 1.165) is 35.2 Å². The van der Waals surface area contributed by atoms with Crippen LogP contribution >= 0.6 is 15.9 Å². The third kappa shape index (κ3) is 2.83. The Morgan fingerprint density at radius 3 is 2.90 bits per heavy atom. The molecule has 2 N–H and O–H groups in total. The lowest BCUT2D eigenvalue weighted by molar-refractivity contribution is 0.189. The van der Waals surface area contributed by atoms with Gasteiger partial charge in [-0.1, -0.05) is 28.1 Å². The minimum absolute atomic E-state index is 0.0390. The number of hydrogen-bond acceptors (Lipinski definition) is 2. The Kier molecular flexibility index (Phi) is 4.00. The van der Waals surface area contributed by atoms with Crippen LogP contribution in [0.2, 0.25) is 0 Å². The standard InChI is InChI=1S/C17H18BrFN2/c1-11(15-9-13(18)5-6-16(15)19)21-8-7-14-12(10-21)3-2-4-17(14)20/h2-6,9,11H,7-8,10,20H2,1H3. The van der Waals surface area contributed by atoms with Gasteiger partial charge < -0.3 is 5.73 Å². The van der Waals surface area contributed by atoms with E-state index in [1.807, 2.05) is 18.2 Å². The van der Waals surface area contributed by atoms with Crippen LogP contribution in [0.5, 0.6) is 0 Å². The SMILES string of the molecule is CC(c1cc(Br)ccc1F)N1CCc2c(N)cccc2C1. The maximum Gasteiger partial charge on any atom is 0.128 e. The molecule has 3 rings (SSSR count). The van der Waals surface area contributed by atoms with E-state index in [1.54, 1.807) is 6.07 Å². The lowest BCUT2D eigenvalue weighted by atomic mass is 9.95. The number of halogens is 2. The summed E-state index contributed by atoms with van der Waals surface area (Å²) in [6, 6.07) is 11.2. The summed E-state index contributed by atoms with van der Waals surface area (Å²) < 4.78 is 15.0. The minimum Gasteiger partial charge on any atom is -0.398 e. The van der Waals surface area contributed by atoms with Gasteiger partial charge in [0, 0.05) is 34.9 Å². The van der Waals surface area contributed by atoms with Crippen molar-refractivity contribution >= 4 is 21.6 Å². The highest BCUT2D eigenvalue weighted by atomic mass is 79.9. The summed E-state index contributed by atoms with van der Waals surface area (Å²) in [4.78, 5) is 2.30. The zero-order valence-electron chi connectivity index (χ0n) is 11.9. The van der Waals surface area contributed by atoms with Crippen LogP contribution in [-0.4, -0.2) is 11.4 Å². The van der Waals surface area contributed by atoms with Crippen LogP contribution in [0.25, 0.3) is 0 Å². The van der Waals surface area contributed by atoms with Gasteiger partial charge in [-0.15, -0.1) is 0 Å². The monoisotopic (exact) mass is 348 g/mol. The van der Waals surface area contributed by atoms with E-state index in [2.05, 4.69) is 33.8 Å². The number of rotatable bonds is 2. The van der Waals surface area contributed by atoms with Gasteiger partial charge in [0.05, 0.1) is 0 Å². The highest BCUT2D eigenvalue weighted by Crippen LogP contribution is 2.32. The van der Waals surface area contributed by atoms with Crippen molar-refractivity contribution in [2.45, 2.75) is 25.9 Å². The molecule has 0 spiro atoms. The van der Waals surface area contributed by atoms with E-state index in [0.29, 0.717) is 0 Å². The Morgan fingerprint density at radius 1 is 1.29 bits per heavy atom. The van der Waals surface area contributed by atoms with Crippen molar-refractivity contribution in [2.24, 2.45) is 0 Å². The molecule has 0 radical (unpaired) electrons. The van der Waals surface area contributed by atoms with E-state index in [1.165, 1.54) is 17.2 Å². The predicted octanol–water partition coefficient (Wildman–Crippen LogP) is 4.29. The third-order valence-electron chi connectivity index (χ3n) is 4.29. The maximum atomic E-state index is 14.1. The Bertz CT molecular complexity index is 672. The van der Waals surface area contributed by atoms with Crippen molar-refractivity contribution in [1.29, 1.82) is 0 Å². The molecule has 0 aromatic heterocycles. The normalized spacial score (nSPS) is 16.5. The van der Waals surface area contributed by atoms with Gasteiger partial charge in [-0.3, -0.25) is 4.90 Å². The fraction of sp³-hybridized carbons (Fsp3) is 0.294. The minimum atomic E-state index is -0.149. The topological polar surface area (TPSA) is 29.3 Å². The van der Waals surface area contributed by atoms with Crippen molar-refractivity contribution in [2.75, 3.05) is 12.3 Å². The lowest BCUT2D eigenvalue weighted by Gasteiger charge is -2.34. The number of benzene rings is 2. The van der Waals surface area contributed by atoms with Crippen molar-refractivity contribution in [3.05, 3.63) is 63.4 Å². The van der Waals surface area contributed by atoms with Gasteiger partial charge in [0.2, 0.25) is 0 Å². The van der Waals surface area contributed by atoms with Crippen LogP contribution in [0.15, 0.2) is 40.9 Å². The van der Waals surface area contributed by atoms with E-state index < -0.39 is 0 Å². The molecule has 1 unspecified atom stereocenters. The largest absolute Gasteiger partial charge is 0.398 e. The summed E-state index contributed by atoms with van der Waals surface area (Å²) in [7, 11) is 0. The molecule has 2 aromatic carbocycles. The van der Waals surface area contributed by atoms with Gasteiger partial charge >= 0.3 is 0 Å². The first-order valence-electron chi connectivity index (χ1n) is 7.11. The van der Waals surface area contributed by atoms with Crippen LogP contribution in [0.3, 0.4) is 0 Å². The zero-order chi connectivity index (χ0) is 15.0. The zero-order valence-corrected chi connectivity index (χ0v) is 13.5. The second-order valence-corrected chi connectivity index (χ2v) is 6.46. The number of fused-ring (bicyclic) bond motifs is 1. The molecule has 0 aliphatic carbocycles. The molecule has 21 heavy (non-hydrogen) atoms. The summed E-state index contributed by atoms with van der Waals surface area (Å²) in [6.07, 6.45) is 0.919. The molecule has 0 bridgehead atoms. The lowest BCUT2D eigenvalue weighted by Crippen LogP contribution is -2.33. The van der Waals surface area contributed by atoms with Gasteiger partial charge in [0.1, 0.15) is 5.82 Å². The second kappa shape index (κ2) is 5.78. The second-order valence-electron chi connectivity index (χ2n) is 5.55. The summed E-state index contributed by atoms with van der Waals surface area (Å²) in [5.41, 5.74) is 10.1. The highest BCUT2D eigenvalue weighted by Gasteiger charge is 2.24. The average molecular weight is 349 g/mol. The van der Waals surface area contributed by atoms with Gasteiger partial charge in [-0.2, -0.15) is 0 Å². The molecule has 0 fully saturated rings. The molecule has 2 nitrogen and oxygen atoms in total. The van der Waals surface area contributed by atoms with Crippen LogP contribution in [-0.2, 0) is 13.0 Å². The molecule has 0 amide bonds. The summed E-state index contributed by atoms with van der Waals surface area (Å²) in [5, 5.41) is 0. The average Bonchev–Trinajstić information content (AvgIpc) is 2.49. The first-order valence-corrected chi connectivity index (χ1v) is 7.91. The summed E-state index contributed by atoms with van der Waals surface area (Å²) in [5.74, 6) is -0.149. The van der Waals surface area contributed by atoms with Crippen LogP contribution < -0.4 is 5.73 Å².